The molecule has 0 fully saturated rings. The number of fused-ring (bicyclic) bond motifs is 1. The first kappa shape index (κ1) is 14.7. The van der Waals surface area contributed by atoms with E-state index in [0.29, 0.717) is 27.0 Å². The molecule has 0 saturated carbocycles. The first-order chi connectivity index (χ1) is 10.6. The highest BCUT2D eigenvalue weighted by Gasteiger charge is 2.16. The largest absolute Gasteiger partial charge is 0.462 e. The lowest BCUT2D eigenvalue weighted by atomic mass is 10.1. The summed E-state index contributed by atoms with van der Waals surface area (Å²) in [5.74, 6) is -0.208. The summed E-state index contributed by atoms with van der Waals surface area (Å²) < 4.78 is 5.02. The van der Waals surface area contributed by atoms with Gasteiger partial charge in [-0.1, -0.05) is 23.7 Å². The number of anilines is 1. The van der Waals surface area contributed by atoms with Crippen molar-refractivity contribution in [3.05, 3.63) is 40.2 Å². The Hall–Kier alpha value is -2.18. The molecule has 3 rings (SSSR count). The van der Waals surface area contributed by atoms with Gasteiger partial charge in [0.15, 0.2) is 0 Å². The third-order valence-corrected chi connectivity index (χ3v) is 4.27. The Kier molecular flexibility index (Phi) is 3.96. The van der Waals surface area contributed by atoms with E-state index in [1.807, 2.05) is 12.1 Å². The summed E-state index contributed by atoms with van der Waals surface area (Å²) in [5, 5.41) is 1.41. The summed E-state index contributed by atoms with van der Waals surface area (Å²) in [6.07, 6.45) is 0. The summed E-state index contributed by atoms with van der Waals surface area (Å²) in [6, 6.07) is 9.00. The third kappa shape index (κ3) is 2.75. The maximum absolute atomic E-state index is 11.9. The number of esters is 1. The molecule has 5 nitrogen and oxygen atoms in total. The average molecular weight is 334 g/mol. The van der Waals surface area contributed by atoms with E-state index in [0.717, 1.165) is 10.9 Å². The fourth-order valence-corrected chi connectivity index (χ4v) is 3.13. The molecule has 2 N–H and O–H groups in total. The molecule has 0 saturated heterocycles. The fraction of sp³-hybridized carbons (Fsp3) is 0.133. The molecule has 0 aliphatic rings. The van der Waals surface area contributed by atoms with Crippen LogP contribution in [0.5, 0.6) is 0 Å². The van der Waals surface area contributed by atoms with Crippen molar-refractivity contribution in [3.63, 3.8) is 0 Å². The number of benzene rings is 1. The number of hydrogen-bond acceptors (Lipinski definition) is 6. The van der Waals surface area contributed by atoms with E-state index < -0.39 is 0 Å². The van der Waals surface area contributed by atoms with Crippen molar-refractivity contribution < 1.29 is 9.53 Å². The van der Waals surface area contributed by atoms with Crippen LogP contribution in [0.15, 0.2) is 30.3 Å². The Bertz CT molecular complexity index is 846. The number of aromatic nitrogens is 2. The molecule has 0 aliphatic carbocycles. The second-order valence-corrected chi connectivity index (χ2v) is 5.95. The van der Waals surface area contributed by atoms with Gasteiger partial charge < -0.3 is 10.5 Å². The number of thiophene rings is 1. The van der Waals surface area contributed by atoms with Gasteiger partial charge in [-0.2, -0.15) is 0 Å². The highest BCUT2D eigenvalue weighted by atomic mass is 35.5. The maximum atomic E-state index is 11.9. The minimum absolute atomic E-state index is 0.162. The predicted molar refractivity (Wildman–Crippen MR) is 88.2 cm³/mol. The number of rotatable bonds is 3. The minimum Gasteiger partial charge on any atom is -0.462 e. The van der Waals surface area contributed by atoms with Crippen LogP contribution in [0.25, 0.3) is 21.5 Å². The SMILES string of the molecule is CCOC(=O)c1cc2c(-c3ccc(Cl)cc3)nc(N)nc2s1. The molecule has 0 atom stereocenters. The number of carbonyl (C=O) groups is 1. The molecule has 0 aliphatic heterocycles. The summed E-state index contributed by atoms with van der Waals surface area (Å²) >= 11 is 7.15. The van der Waals surface area contributed by atoms with E-state index in [1.165, 1.54) is 11.3 Å². The smallest absolute Gasteiger partial charge is 0.348 e. The molecule has 0 amide bonds. The van der Waals surface area contributed by atoms with E-state index in [4.69, 9.17) is 22.1 Å². The normalized spacial score (nSPS) is 10.8. The van der Waals surface area contributed by atoms with Crippen molar-refractivity contribution in [1.82, 2.24) is 9.97 Å². The van der Waals surface area contributed by atoms with Crippen LogP contribution in [0, 0.1) is 0 Å². The molecule has 112 valence electrons. The summed E-state index contributed by atoms with van der Waals surface area (Å²) in [5.41, 5.74) is 7.31. The molecular weight excluding hydrogens is 322 g/mol. The van der Waals surface area contributed by atoms with Gasteiger partial charge in [0, 0.05) is 16.0 Å². The van der Waals surface area contributed by atoms with Crippen molar-refractivity contribution in [1.29, 1.82) is 0 Å². The third-order valence-electron chi connectivity index (χ3n) is 3.00. The van der Waals surface area contributed by atoms with Crippen LogP contribution in [0.4, 0.5) is 5.95 Å². The fourth-order valence-electron chi connectivity index (χ4n) is 2.07. The van der Waals surface area contributed by atoms with Crippen molar-refractivity contribution in [2.24, 2.45) is 0 Å². The van der Waals surface area contributed by atoms with Gasteiger partial charge in [-0.15, -0.1) is 11.3 Å². The first-order valence-electron chi connectivity index (χ1n) is 6.58. The van der Waals surface area contributed by atoms with Gasteiger partial charge in [0.1, 0.15) is 9.71 Å². The summed E-state index contributed by atoms with van der Waals surface area (Å²) in [7, 11) is 0. The number of hydrogen-bond donors (Lipinski definition) is 1. The monoisotopic (exact) mass is 333 g/mol. The zero-order chi connectivity index (χ0) is 15.7. The lowest BCUT2D eigenvalue weighted by molar-refractivity contribution is 0.0532. The first-order valence-corrected chi connectivity index (χ1v) is 7.78. The summed E-state index contributed by atoms with van der Waals surface area (Å²) in [4.78, 5) is 21.5. The quantitative estimate of drug-likeness (QED) is 0.738. The second kappa shape index (κ2) is 5.90. The van der Waals surface area contributed by atoms with E-state index in [2.05, 4.69) is 9.97 Å². The van der Waals surface area contributed by atoms with Gasteiger partial charge in [-0.05, 0) is 25.1 Å². The molecule has 22 heavy (non-hydrogen) atoms. The molecule has 0 spiro atoms. The zero-order valence-corrected chi connectivity index (χ0v) is 13.2. The number of nitrogens with zero attached hydrogens (tertiary/aromatic N) is 2. The molecule has 2 heterocycles. The van der Waals surface area contributed by atoms with Crippen LogP contribution in [-0.2, 0) is 4.74 Å². The number of halogens is 1. The molecule has 0 radical (unpaired) electrons. The molecule has 2 aromatic heterocycles. The van der Waals surface area contributed by atoms with Gasteiger partial charge in [-0.25, -0.2) is 14.8 Å². The van der Waals surface area contributed by atoms with Crippen LogP contribution in [0.3, 0.4) is 0 Å². The molecule has 3 aromatic rings. The van der Waals surface area contributed by atoms with Crippen molar-refractivity contribution in [3.8, 4) is 11.3 Å². The minimum atomic E-state index is -0.369. The standard InChI is InChI=1S/C15H12ClN3O2S/c1-2-21-14(20)11-7-10-12(8-3-5-9(16)6-4-8)18-15(17)19-13(10)22-11/h3-7H,2H2,1H3,(H2,17,18,19). The van der Waals surface area contributed by atoms with Gasteiger partial charge >= 0.3 is 5.97 Å². The Morgan fingerprint density at radius 1 is 1.32 bits per heavy atom. The van der Waals surface area contributed by atoms with Crippen LogP contribution in [0.2, 0.25) is 5.02 Å². The van der Waals surface area contributed by atoms with Crippen molar-refractivity contribution in [2.45, 2.75) is 6.92 Å². The topological polar surface area (TPSA) is 78.1 Å². The van der Waals surface area contributed by atoms with Crippen LogP contribution >= 0.6 is 22.9 Å². The Morgan fingerprint density at radius 2 is 2.05 bits per heavy atom. The van der Waals surface area contributed by atoms with E-state index in [1.54, 1.807) is 25.1 Å². The van der Waals surface area contributed by atoms with Crippen molar-refractivity contribution >= 4 is 45.1 Å². The number of ether oxygens (including phenoxy) is 1. The Labute approximate surface area is 135 Å². The number of nitrogen functional groups attached to an aromatic ring is 1. The zero-order valence-electron chi connectivity index (χ0n) is 11.7. The van der Waals surface area contributed by atoms with Crippen LogP contribution < -0.4 is 5.73 Å². The van der Waals surface area contributed by atoms with Gasteiger partial charge in [0.25, 0.3) is 0 Å². The Morgan fingerprint density at radius 3 is 2.73 bits per heavy atom. The van der Waals surface area contributed by atoms with Gasteiger partial charge in [0.05, 0.1) is 12.3 Å². The predicted octanol–water partition coefficient (Wildman–Crippen LogP) is 3.77. The number of nitrogens with two attached hydrogens (primary N) is 1. The molecule has 0 unspecified atom stereocenters. The lowest BCUT2D eigenvalue weighted by Gasteiger charge is -2.03. The number of carbonyl (C=O) groups excluding carboxylic acids is 1. The van der Waals surface area contributed by atoms with E-state index >= 15 is 0 Å². The lowest BCUT2D eigenvalue weighted by Crippen LogP contribution is -2.01. The summed E-state index contributed by atoms with van der Waals surface area (Å²) in [6.45, 7) is 2.09. The molecule has 0 bridgehead atoms. The highest BCUT2D eigenvalue weighted by molar-refractivity contribution is 7.20. The van der Waals surface area contributed by atoms with Crippen LogP contribution in [-0.4, -0.2) is 22.5 Å². The molecular formula is C15H12ClN3O2S. The Balaban J connectivity index is 2.17. The molecule has 1 aromatic carbocycles. The van der Waals surface area contributed by atoms with E-state index in [-0.39, 0.29) is 11.9 Å². The maximum Gasteiger partial charge on any atom is 0.348 e. The van der Waals surface area contributed by atoms with Crippen LogP contribution in [0.1, 0.15) is 16.6 Å². The van der Waals surface area contributed by atoms with Gasteiger partial charge in [-0.3, -0.25) is 0 Å². The average Bonchev–Trinajstić information content (AvgIpc) is 2.91. The van der Waals surface area contributed by atoms with Crippen molar-refractivity contribution in [2.75, 3.05) is 12.3 Å². The van der Waals surface area contributed by atoms with Gasteiger partial charge in [0.2, 0.25) is 5.95 Å². The second-order valence-electron chi connectivity index (χ2n) is 4.49. The highest BCUT2D eigenvalue weighted by Crippen LogP contribution is 2.33. The molecule has 7 heteroatoms. The van der Waals surface area contributed by atoms with E-state index in [9.17, 15) is 4.79 Å².